The molecule has 10 aromatic carbocycles. The van der Waals surface area contributed by atoms with E-state index in [1.54, 1.807) is 12.1 Å². The minimum absolute atomic E-state index is 0.0812. The lowest BCUT2D eigenvalue weighted by Crippen LogP contribution is -2.10. The number of aromatic nitrogens is 8. The summed E-state index contributed by atoms with van der Waals surface area (Å²) in [6, 6.07) is 77.2. The number of alkyl halides is 3. The molecule has 0 atom stereocenters. The molecule has 13 heteroatoms. The average molecular weight is 1070 g/mol. The Morgan fingerprint density at radius 1 is 0.317 bits per heavy atom. The number of benzene rings is 10. The summed E-state index contributed by atoms with van der Waals surface area (Å²) in [6.07, 6.45) is -4.85. The molecule has 10 nitrogen and oxygen atoms in total. The molecular formula is C69H39F3N10. The van der Waals surface area contributed by atoms with Gasteiger partial charge in [-0.15, -0.1) is 0 Å². The van der Waals surface area contributed by atoms with E-state index in [-0.39, 0.29) is 22.3 Å². The van der Waals surface area contributed by atoms with Crippen molar-refractivity contribution >= 4 is 43.6 Å². The number of para-hydroxylation sites is 2. The third kappa shape index (κ3) is 8.45. The number of nitriles is 2. The summed E-state index contributed by atoms with van der Waals surface area (Å²) in [7, 11) is 0. The van der Waals surface area contributed by atoms with Crippen molar-refractivity contribution in [3.8, 4) is 103 Å². The zero-order chi connectivity index (χ0) is 55.5. The lowest BCUT2D eigenvalue weighted by atomic mass is 9.92. The Morgan fingerprint density at radius 3 is 1.04 bits per heavy atom. The van der Waals surface area contributed by atoms with Gasteiger partial charge in [-0.2, -0.15) is 23.7 Å². The molecule has 4 heterocycles. The maximum Gasteiger partial charge on any atom is 0.417 e. The topological polar surface area (TPSA) is 135 Å². The number of hydrogen-bond donors (Lipinski definition) is 0. The number of rotatable bonds is 9. The van der Waals surface area contributed by atoms with E-state index in [0.29, 0.717) is 79.5 Å². The minimum atomic E-state index is -4.85. The standard InChI is InChI=1S/C69H39F3N10/c70-69(71,72)55-29-17-26-48(40-73)62(55)49-38-60(81-56-30-15-13-27-50(56)52-36-46(32-34-58(52)81)67-77-63(42-18-5-1-6-19-42)75-64(78-67)43-20-7-2-8-21-43)54(41-74)61(39-49)82-57-31-16-14-28-51(57)53-37-47(33-35-59(53)82)68-79-65(44-22-9-3-10-23-44)76-66(80-68)45-24-11-4-12-25-45/h1-39H. The Labute approximate surface area is 466 Å². The van der Waals surface area contributed by atoms with Crippen LogP contribution < -0.4 is 0 Å². The van der Waals surface area contributed by atoms with Crippen molar-refractivity contribution in [3.05, 3.63) is 253 Å². The van der Waals surface area contributed by atoms with Gasteiger partial charge in [0.2, 0.25) is 0 Å². The fourth-order valence-corrected chi connectivity index (χ4v) is 11.0. The molecule has 0 N–H and O–H groups in total. The Kier molecular flexibility index (Phi) is 11.8. The summed E-state index contributed by atoms with van der Waals surface area (Å²) < 4.78 is 50.1. The molecule has 82 heavy (non-hydrogen) atoms. The van der Waals surface area contributed by atoms with Crippen molar-refractivity contribution in [1.29, 1.82) is 10.5 Å². The second-order valence-electron chi connectivity index (χ2n) is 19.6. The van der Waals surface area contributed by atoms with Gasteiger partial charge in [0.25, 0.3) is 0 Å². The fourth-order valence-electron chi connectivity index (χ4n) is 11.0. The predicted molar refractivity (Wildman–Crippen MR) is 314 cm³/mol. The second kappa shape index (κ2) is 19.8. The van der Waals surface area contributed by atoms with Gasteiger partial charge in [-0.1, -0.05) is 164 Å². The number of hydrogen-bond acceptors (Lipinski definition) is 8. The number of nitrogens with zero attached hydrogens (tertiary/aromatic N) is 10. The van der Waals surface area contributed by atoms with E-state index in [9.17, 15) is 10.5 Å². The van der Waals surface area contributed by atoms with Crippen LogP contribution in [0.4, 0.5) is 13.2 Å². The van der Waals surface area contributed by atoms with E-state index in [2.05, 4.69) is 12.1 Å². The SMILES string of the molecule is N#Cc1cccc(C(F)(F)F)c1-c1cc(-n2c3ccccc3c3cc(-c4nc(-c5ccccc5)nc(-c5ccccc5)n4)ccc32)c(C#N)c(-n2c3ccccc3c3cc(-c4nc(-c5ccccc5)nc(-c5ccccc5)n4)ccc32)c1. The Hall–Kier alpha value is -11.4. The highest BCUT2D eigenvalue weighted by atomic mass is 19.4. The molecule has 0 spiro atoms. The Morgan fingerprint density at radius 2 is 0.671 bits per heavy atom. The Balaban J connectivity index is 1.02. The first-order chi connectivity index (χ1) is 40.2. The van der Waals surface area contributed by atoms with Gasteiger partial charge in [-0.05, 0) is 78.4 Å². The van der Waals surface area contributed by atoms with Crippen LogP contribution in [-0.2, 0) is 6.18 Å². The highest BCUT2D eigenvalue weighted by molar-refractivity contribution is 6.12. The second-order valence-corrected chi connectivity index (χ2v) is 19.6. The summed E-state index contributed by atoms with van der Waals surface area (Å²) in [4.78, 5) is 29.8. The van der Waals surface area contributed by atoms with Gasteiger partial charge in [-0.3, -0.25) is 0 Å². The van der Waals surface area contributed by atoms with Crippen LogP contribution in [0.5, 0.6) is 0 Å². The largest absolute Gasteiger partial charge is 0.417 e. The molecule has 0 aliphatic heterocycles. The fraction of sp³-hybridized carbons (Fsp3) is 0.0145. The third-order valence-electron chi connectivity index (χ3n) is 14.7. The van der Waals surface area contributed by atoms with Gasteiger partial charge in [0.05, 0.1) is 50.6 Å². The maximum atomic E-state index is 15.4. The molecular weight excluding hydrogens is 1030 g/mol. The van der Waals surface area contributed by atoms with Gasteiger partial charge in [0, 0.05) is 60.5 Å². The molecule has 4 aromatic heterocycles. The Bertz CT molecular complexity index is 4550. The molecule has 14 rings (SSSR count). The van der Waals surface area contributed by atoms with E-state index >= 15 is 13.2 Å². The summed E-state index contributed by atoms with van der Waals surface area (Å²) in [5, 5.41) is 25.5. The predicted octanol–water partition coefficient (Wildman–Crippen LogP) is 16.7. The van der Waals surface area contributed by atoms with E-state index in [4.69, 9.17) is 29.9 Å². The maximum absolute atomic E-state index is 15.4. The van der Waals surface area contributed by atoms with Crippen LogP contribution in [0.3, 0.4) is 0 Å². The number of halogens is 3. The van der Waals surface area contributed by atoms with Crippen LogP contribution in [0, 0.1) is 22.7 Å². The van der Waals surface area contributed by atoms with Gasteiger partial charge < -0.3 is 9.13 Å². The summed E-state index contributed by atoms with van der Waals surface area (Å²) >= 11 is 0. The van der Waals surface area contributed by atoms with Crippen molar-refractivity contribution in [2.45, 2.75) is 6.18 Å². The molecule has 0 aliphatic rings. The first kappa shape index (κ1) is 48.9. The zero-order valence-electron chi connectivity index (χ0n) is 43.1. The molecule has 0 amide bonds. The van der Waals surface area contributed by atoms with Crippen LogP contribution in [0.25, 0.3) is 134 Å². The van der Waals surface area contributed by atoms with Crippen LogP contribution in [0.2, 0.25) is 0 Å². The lowest BCUT2D eigenvalue weighted by molar-refractivity contribution is -0.137. The van der Waals surface area contributed by atoms with Gasteiger partial charge in [0.15, 0.2) is 34.9 Å². The van der Waals surface area contributed by atoms with Crippen molar-refractivity contribution < 1.29 is 13.2 Å². The molecule has 0 radical (unpaired) electrons. The molecule has 0 saturated heterocycles. The van der Waals surface area contributed by atoms with Crippen molar-refractivity contribution in [2.24, 2.45) is 0 Å². The van der Waals surface area contributed by atoms with Crippen LogP contribution in [-0.4, -0.2) is 39.0 Å². The molecule has 386 valence electrons. The summed E-state index contributed by atoms with van der Waals surface area (Å²) in [5.41, 5.74) is 6.66. The molecule has 0 aliphatic carbocycles. The van der Waals surface area contributed by atoms with Gasteiger partial charge >= 0.3 is 6.18 Å². The highest BCUT2D eigenvalue weighted by Crippen LogP contribution is 2.45. The summed E-state index contributed by atoms with van der Waals surface area (Å²) in [5.74, 6) is 2.83. The third-order valence-corrected chi connectivity index (χ3v) is 14.7. The first-order valence-electron chi connectivity index (χ1n) is 26.2. The van der Waals surface area contributed by atoms with Crippen LogP contribution in [0.15, 0.2) is 237 Å². The van der Waals surface area contributed by atoms with Gasteiger partial charge in [0.1, 0.15) is 11.6 Å². The minimum Gasteiger partial charge on any atom is -0.308 e. The van der Waals surface area contributed by atoms with E-state index in [1.807, 2.05) is 215 Å². The number of fused-ring (bicyclic) bond motifs is 6. The lowest BCUT2D eigenvalue weighted by Gasteiger charge is -2.20. The summed E-state index contributed by atoms with van der Waals surface area (Å²) in [6.45, 7) is 0. The molecule has 0 saturated carbocycles. The monoisotopic (exact) mass is 1060 g/mol. The van der Waals surface area contributed by atoms with Crippen molar-refractivity contribution in [3.63, 3.8) is 0 Å². The van der Waals surface area contributed by atoms with Crippen molar-refractivity contribution in [1.82, 2.24) is 39.0 Å². The normalized spacial score (nSPS) is 11.6. The highest BCUT2D eigenvalue weighted by Gasteiger charge is 2.36. The van der Waals surface area contributed by atoms with E-state index in [0.717, 1.165) is 49.9 Å². The molecule has 0 bridgehead atoms. The van der Waals surface area contributed by atoms with Gasteiger partial charge in [-0.25, -0.2) is 29.9 Å². The van der Waals surface area contributed by atoms with E-state index < -0.39 is 11.7 Å². The zero-order valence-corrected chi connectivity index (χ0v) is 43.1. The molecule has 0 unspecified atom stereocenters. The molecule has 0 fully saturated rings. The quantitative estimate of drug-likeness (QED) is 0.139. The van der Waals surface area contributed by atoms with E-state index in [1.165, 1.54) is 12.1 Å². The van der Waals surface area contributed by atoms with Crippen LogP contribution >= 0.6 is 0 Å². The van der Waals surface area contributed by atoms with Crippen LogP contribution in [0.1, 0.15) is 16.7 Å². The average Bonchev–Trinajstić information content (AvgIpc) is 2.82. The smallest absolute Gasteiger partial charge is 0.308 e. The first-order valence-corrected chi connectivity index (χ1v) is 26.2. The van der Waals surface area contributed by atoms with Crippen molar-refractivity contribution in [2.75, 3.05) is 0 Å². The molecule has 14 aromatic rings.